The molecule has 1 N–H and O–H groups in total. The van der Waals surface area contributed by atoms with Crippen molar-refractivity contribution in [3.05, 3.63) is 61.5 Å². The van der Waals surface area contributed by atoms with Crippen molar-refractivity contribution in [2.75, 3.05) is 5.32 Å². The minimum atomic E-state index is -0.318. The molecule has 0 saturated carbocycles. The fraction of sp³-hybridized carbons (Fsp3) is 0.133. The second-order valence-electron chi connectivity index (χ2n) is 4.47. The fourth-order valence-corrected chi connectivity index (χ4v) is 2.72. The van der Waals surface area contributed by atoms with Crippen LogP contribution in [-0.2, 0) is 0 Å². The van der Waals surface area contributed by atoms with Crippen LogP contribution < -0.4 is 5.32 Å². The molecule has 0 aromatic heterocycles. The summed E-state index contributed by atoms with van der Waals surface area (Å²) in [6, 6.07) is 8.76. The van der Waals surface area contributed by atoms with Gasteiger partial charge in [0.1, 0.15) is 0 Å². The summed E-state index contributed by atoms with van der Waals surface area (Å²) >= 11 is 15.5. The molecule has 20 heavy (non-hydrogen) atoms. The molecule has 0 aliphatic carbocycles. The Balaban J connectivity index is 2.33. The molecular formula is C15H12BrCl2NO. The van der Waals surface area contributed by atoms with E-state index in [1.54, 1.807) is 18.2 Å². The van der Waals surface area contributed by atoms with Crippen LogP contribution in [0, 0.1) is 13.8 Å². The van der Waals surface area contributed by atoms with Crippen LogP contribution in [0.2, 0.25) is 10.0 Å². The van der Waals surface area contributed by atoms with Crippen molar-refractivity contribution in [1.82, 2.24) is 0 Å². The van der Waals surface area contributed by atoms with Gasteiger partial charge in [-0.2, -0.15) is 0 Å². The van der Waals surface area contributed by atoms with Crippen LogP contribution >= 0.6 is 39.1 Å². The zero-order valence-corrected chi connectivity index (χ0v) is 14.0. The molecule has 0 fully saturated rings. The summed E-state index contributed by atoms with van der Waals surface area (Å²) in [6.07, 6.45) is 0. The molecule has 2 rings (SSSR count). The summed E-state index contributed by atoms with van der Waals surface area (Å²) < 4.78 is 1.03. The molecule has 0 bridgehead atoms. The van der Waals surface area contributed by atoms with Gasteiger partial charge in [-0.25, -0.2) is 0 Å². The molecular weight excluding hydrogens is 361 g/mol. The van der Waals surface area contributed by atoms with Crippen molar-refractivity contribution >= 4 is 50.7 Å². The normalized spacial score (nSPS) is 10.4. The average molecular weight is 373 g/mol. The lowest BCUT2D eigenvalue weighted by atomic mass is 10.1. The molecule has 2 nitrogen and oxygen atoms in total. The van der Waals surface area contributed by atoms with Crippen LogP contribution in [0.4, 0.5) is 5.69 Å². The van der Waals surface area contributed by atoms with Gasteiger partial charge in [-0.1, -0.05) is 45.2 Å². The Labute approximate surface area is 136 Å². The van der Waals surface area contributed by atoms with E-state index >= 15 is 0 Å². The van der Waals surface area contributed by atoms with Gasteiger partial charge in [0.2, 0.25) is 0 Å². The highest BCUT2D eigenvalue weighted by Crippen LogP contribution is 2.28. The molecule has 0 saturated heterocycles. The number of rotatable bonds is 2. The third-order valence-electron chi connectivity index (χ3n) is 2.88. The van der Waals surface area contributed by atoms with Crippen LogP contribution in [0.5, 0.6) is 0 Å². The maximum Gasteiger partial charge on any atom is 0.258 e. The molecule has 0 atom stereocenters. The van der Waals surface area contributed by atoms with Gasteiger partial charge >= 0.3 is 0 Å². The Hall–Kier alpha value is -1.03. The average Bonchev–Trinajstić information content (AvgIpc) is 2.35. The Morgan fingerprint density at radius 2 is 1.60 bits per heavy atom. The molecule has 104 valence electrons. The van der Waals surface area contributed by atoms with Gasteiger partial charge in [0, 0.05) is 10.2 Å². The standard InChI is InChI=1S/C15H12BrCl2NO/c1-8-6-10(7-9(2)14(8)16)19-15(20)13-11(17)4-3-5-12(13)18/h3-7H,1-2H3,(H,19,20). The first-order chi connectivity index (χ1) is 9.40. The predicted octanol–water partition coefficient (Wildman–Crippen LogP) is 5.63. The number of hydrogen-bond donors (Lipinski definition) is 1. The molecule has 0 spiro atoms. The van der Waals surface area contributed by atoms with Crippen molar-refractivity contribution in [3.8, 4) is 0 Å². The Morgan fingerprint density at radius 1 is 1.10 bits per heavy atom. The molecule has 2 aromatic rings. The monoisotopic (exact) mass is 371 g/mol. The van der Waals surface area contributed by atoms with Crippen molar-refractivity contribution in [2.24, 2.45) is 0 Å². The summed E-state index contributed by atoms with van der Waals surface area (Å²) in [5.74, 6) is -0.318. The van der Waals surface area contributed by atoms with Gasteiger partial charge in [0.25, 0.3) is 5.91 Å². The lowest BCUT2D eigenvalue weighted by Crippen LogP contribution is -2.13. The van der Waals surface area contributed by atoms with Gasteiger partial charge in [-0.3, -0.25) is 4.79 Å². The molecule has 5 heteroatoms. The largest absolute Gasteiger partial charge is 0.322 e. The number of nitrogens with one attached hydrogen (secondary N) is 1. The van der Waals surface area contributed by atoms with E-state index < -0.39 is 0 Å². The van der Waals surface area contributed by atoms with Gasteiger partial charge < -0.3 is 5.32 Å². The smallest absolute Gasteiger partial charge is 0.258 e. The molecule has 2 aromatic carbocycles. The van der Waals surface area contributed by atoms with E-state index in [1.165, 1.54) is 0 Å². The van der Waals surface area contributed by atoms with Gasteiger partial charge in [-0.15, -0.1) is 0 Å². The van der Waals surface area contributed by atoms with E-state index in [0.29, 0.717) is 15.7 Å². The predicted molar refractivity (Wildman–Crippen MR) is 88.0 cm³/mol. The quantitative estimate of drug-likeness (QED) is 0.727. The van der Waals surface area contributed by atoms with Crippen LogP contribution in [0.25, 0.3) is 0 Å². The third kappa shape index (κ3) is 3.17. The van der Waals surface area contributed by atoms with E-state index in [4.69, 9.17) is 23.2 Å². The molecule has 0 radical (unpaired) electrons. The topological polar surface area (TPSA) is 29.1 Å². The van der Waals surface area contributed by atoms with E-state index in [1.807, 2.05) is 26.0 Å². The second-order valence-corrected chi connectivity index (χ2v) is 6.08. The minimum absolute atomic E-state index is 0.286. The molecule has 0 aliphatic rings. The van der Waals surface area contributed by atoms with Gasteiger partial charge in [-0.05, 0) is 49.2 Å². The molecule has 0 unspecified atom stereocenters. The minimum Gasteiger partial charge on any atom is -0.322 e. The maximum absolute atomic E-state index is 12.3. The zero-order valence-electron chi connectivity index (χ0n) is 10.9. The fourth-order valence-electron chi connectivity index (χ4n) is 1.93. The summed E-state index contributed by atoms with van der Waals surface area (Å²) in [4.78, 5) is 12.3. The Bertz CT molecular complexity index is 642. The summed E-state index contributed by atoms with van der Waals surface area (Å²) in [6.45, 7) is 3.93. The second kappa shape index (κ2) is 6.17. The summed E-state index contributed by atoms with van der Waals surface area (Å²) in [5.41, 5.74) is 3.09. The van der Waals surface area contributed by atoms with E-state index in [9.17, 15) is 4.79 Å². The first-order valence-electron chi connectivity index (χ1n) is 5.92. The van der Waals surface area contributed by atoms with Gasteiger partial charge in [0.05, 0.1) is 15.6 Å². The zero-order chi connectivity index (χ0) is 14.9. The van der Waals surface area contributed by atoms with Crippen molar-refractivity contribution in [1.29, 1.82) is 0 Å². The maximum atomic E-state index is 12.3. The Morgan fingerprint density at radius 3 is 2.10 bits per heavy atom. The third-order valence-corrected chi connectivity index (χ3v) is 4.76. The van der Waals surface area contributed by atoms with Crippen LogP contribution in [0.3, 0.4) is 0 Å². The SMILES string of the molecule is Cc1cc(NC(=O)c2c(Cl)cccc2Cl)cc(C)c1Br. The number of halogens is 3. The van der Waals surface area contributed by atoms with Gasteiger partial charge in [0.15, 0.2) is 0 Å². The summed E-state index contributed by atoms with van der Waals surface area (Å²) in [7, 11) is 0. The first-order valence-corrected chi connectivity index (χ1v) is 7.47. The number of hydrogen-bond acceptors (Lipinski definition) is 1. The number of benzene rings is 2. The van der Waals surface area contributed by atoms with E-state index in [0.717, 1.165) is 15.6 Å². The highest BCUT2D eigenvalue weighted by Gasteiger charge is 2.15. The number of aryl methyl sites for hydroxylation is 2. The number of amides is 1. The molecule has 1 amide bonds. The van der Waals surface area contributed by atoms with Crippen LogP contribution in [-0.4, -0.2) is 5.91 Å². The number of carbonyl (C=O) groups is 1. The summed E-state index contributed by atoms with van der Waals surface area (Å²) in [5, 5.41) is 3.49. The Kier molecular flexibility index (Phi) is 4.74. The number of carbonyl (C=O) groups excluding carboxylic acids is 1. The first kappa shape index (κ1) is 15.4. The van der Waals surface area contributed by atoms with E-state index in [2.05, 4.69) is 21.2 Å². The molecule has 0 aliphatic heterocycles. The molecule has 0 heterocycles. The number of anilines is 1. The van der Waals surface area contributed by atoms with Crippen LogP contribution in [0.1, 0.15) is 21.5 Å². The lowest BCUT2D eigenvalue weighted by molar-refractivity contribution is 0.102. The highest BCUT2D eigenvalue weighted by molar-refractivity contribution is 9.10. The van der Waals surface area contributed by atoms with Crippen LogP contribution in [0.15, 0.2) is 34.8 Å². The highest BCUT2D eigenvalue weighted by atomic mass is 79.9. The van der Waals surface area contributed by atoms with Crippen molar-refractivity contribution in [3.63, 3.8) is 0 Å². The van der Waals surface area contributed by atoms with Crippen molar-refractivity contribution < 1.29 is 4.79 Å². The lowest BCUT2D eigenvalue weighted by Gasteiger charge is -2.11. The van der Waals surface area contributed by atoms with Crippen molar-refractivity contribution in [2.45, 2.75) is 13.8 Å². The van der Waals surface area contributed by atoms with E-state index in [-0.39, 0.29) is 11.5 Å².